The Balaban J connectivity index is 1.53. The molecule has 1 aliphatic heterocycles. The van der Waals surface area contributed by atoms with E-state index in [9.17, 15) is 30.2 Å². The van der Waals surface area contributed by atoms with E-state index < -0.39 is 38.5 Å². The normalized spacial score (nSPS) is 13.3. The molecule has 3 aromatic rings. The van der Waals surface area contributed by atoms with Crippen molar-refractivity contribution in [2.45, 2.75) is 26.2 Å². The fourth-order valence-electron chi connectivity index (χ4n) is 4.38. The largest absolute Gasteiger partial charge is 0.569 e. The van der Waals surface area contributed by atoms with Crippen molar-refractivity contribution in [2.75, 3.05) is 40.0 Å². The second-order valence-electron chi connectivity index (χ2n) is 10.1. The van der Waals surface area contributed by atoms with Crippen LogP contribution in [0.3, 0.4) is 0 Å². The summed E-state index contributed by atoms with van der Waals surface area (Å²) in [7, 11) is 1.53. The van der Waals surface area contributed by atoms with Crippen LogP contribution in [0.25, 0.3) is 6.08 Å². The summed E-state index contributed by atoms with van der Waals surface area (Å²) in [6.45, 7) is 3.66. The topological polar surface area (TPSA) is 191 Å². The van der Waals surface area contributed by atoms with E-state index in [0.29, 0.717) is 29.7 Å². The van der Waals surface area contributed by atoms with Crippen molar-refractivity contribution >= 4 is 23.2 Å². The molecule has 0 amide bonds. The molecule has 3 aromatic carbocycles. The molecule has 0 radical (unpaired) electrons. The number of morpholine rings is 1. The SMILES string of the molecule is CCCCCOc1ccc(/C=C/C(=O)c2cccc(Oc3cc(O/N=[N+](\[O-])N4CCOCC4)c([N+](=O)[O-])cc3[N+](=O)[O-])c2)cc1OC. The Morgan fingerprint density at radius 2 is 1.68 bits per heavy atom. The van der Waals surface area contributed by atoms with Gasteiger partial charge in [0.15, 0.2) is 17.3 Å². The van der Waals surface area contributed by atoms with Crippen molar-refractivity contribution in [2.24, 2.45) is 5.28 Å². The summed E-state index contributed by atoms with van der Waals surface area (Å²) in [5.41, 5.74) is -0.678. The smallest absolute Gasteiger partial charge is 0.321 e. The lowest BCUT2D eigenvalue weighted by Gasteiger charge is -2.21. The minimum Gasteiger partial charge on any atom is -0.569 e. The van der Waals surface area contributed by atoms with E-state index >= 15 is 0 Å². The summed E-state index contributed by atoms with van der Waals surface area (Å²) in [6, 6.07) is 12.6. The number of nitro groups is 2. The molecule has 4 rings (SSSR count). The quantitative estimate of drug-likeness (QED) is 0.0321. The van der Waals surface area contributed by atoms with Crippen LogP contribution in [0.4, 0.5) is 11.4 Å². The van der Waals surface area contributed by atoms with Gasteiger partial charge >= 0.3 is 11.4 Å². The molecule has 0 atom stereocenters. The van der Waals surface area contributed by atoms with E-state index in [-0.39, 0.29) is 42.6 Å². The highest BCUT2D eigenvalue weighted by atomic mass is 16.7. The number of carbonyl (C=O) groups excluding carboxylic acids is 1. The number of ketones is 1. The lowest BCUT2D eigenvalue weighted by Crippen LogP contribution is -2.40. The zero-order valence-corrected chi connectivity index (χ0v) is 25.7. The zero-order valence-electron chi connectivity index (χ0n) is 25.7. The second kappa shape index (κ2) is 16.5. The second-order valence-corrected chi connectivity index (χ2v) is 10.1. The number of carbonyl (C=O) groups is 1. The number of ether oxygens (including phenoxy) is 4. The van der Waals surface area contributed by atoms with E-state index in [1.54, 1.807) is 24.3 Å². The molecule has 16 heteroatoms. The van der Waals surface area contributed by atoms with E-state index in [2.05, 4.69) is 12.2 Å². The minimum atomic E-state index is -0.916. The Bertz CT molecular complexity index is 1650. The van der Waals surface area contributed by atoms with Crippen molar-refractivity contribution in [3.05, 3.63) is 97.2 Å². The molecule has 0 spiro atoms. The maximum absolute atomic E-state index is 13.0. The Labute approximate surface area is 269 Å². The summed E-state index contributed by atoms with van der Waals surface area (Å²) in [5.74, 6) is -0.270. The zero-order chi connectivity index (χ0) is 33.8. The van der Waals surface area contributed by atoms with Crippen LogP contribution in [0.1, 0.15) is 42.1 Å². The average Bonchev–Trinajstić information content (AvgIpc) is 3.08. The third-order valence-corrected chi connectivity index (χ3v) is 6.84. The number of methoxy groups -OCH3 is 1. The number of nitrogens with zero attached hydrogens (tertiary/aromatic N) is 5. The van der Waals surface area contributed by atoms with E-state index in [1.807, 2.05) is 0 Å². The summed E-state index contributed by atoms with van der Waals surface area (Å²) < 4.78 is 22.1. The molecule has 0 unspecified atom stereocenters. The lowest BCUT2D eigenvalue weighted by atomic mass is 10.1. The minimum absolute atomic E-state index is 0.0223. The van der Waals surface area contributed by atoms with Gasteiger partial charge in [0.2, 0.25) is 16.8 Å². The predicted molar refractivity (Wildman–Crippen MR) is 167 cm³/mol. The van der Waals surface area contributed by atoms with E-state index in [0.717, 1.165) is 25.3 Å². The van der Waals surface area contributed by atoms with Gasteiger partial charge in [-0.05, 0) is 42.3 Å². The van der Waals surface area contributed by atoms with Crippen molar-refractivity contribution in [3.63, 3.8) is 0 Å². The molecule has 47 heavy (non-hydrogen) atoms. The highest BCUT2D eigenvalue weighted by Crippen LogP contribution is 2.41. The molecule has 0 aliphatic carbocycles. The molecular formula is C31H33N5O11. The van der Waals surface area contributed by atoms with Crippen LogP contribution in [0, 0.1) is 25.4 Å². The highest BCUT2D eigenvalue weighted by molar-refractivity contribution is 6.07. The fourth-order valence-corrected chi connectivity index (χ4v) is 4.38. The van der Waals surface area contributed by atoms with Crippen molar-refractivity contribution in [1.29, 1.82) is 0 Å². The number of rotatable bonds is 16. The molecule has 1 aliphatic rings. The number of unbranched alkanes of at least 4 members (excludes halogenated alkanes) is 2. The van der Waals surface area contributed by atoms with Crippen molar-refractivity contribution in [1.82, 2.24) is 5.01 Å². The monoisotopic (exact) mass is 651 g/mol. The maximum Gasteiger partial charge on any atom is 0.321 e. The van der Waals surface area contributed by atoms with Gasteiger partial charge in [0.1, 0.15) is 24.9 Å². The number of hydrogen-bond donors (Lipinski definition) is 0. The van der Waals surface area contributed by atoms with Crippen molar-refractivity contribution in [3.8, 4) is 28.7 Å². The number of nitro benzene ring substituents is 2. The van der Waals surface area contributed by atoms with Gasteiger partial charge in [0.25, 0.3) is 0 Å². The Kier molecular flexibility index (Phi) is 12.0. The first-order chi connectivity index (χ1) is 22.7. The third-order valence-electron chi connectivity index (χ3n) is 6.84. The van der Waals surface area contributed by atoms with Gasteiger partial charge < -0.3 is 24.2 Å². The summed E-state index contributed by atoms with van der Waals surface area (Å²) in [5, 5.41) is 40.3. The van der Waals surface area contributed by atoms with E-state index in [4.69, 9.17) is 23.8 Å². The molecular weight excluding hydrogens is 618 g/mol. The van der Waals surface area contributed by atoms with E-state index in [1.165, 1.54) is 42.5 Å². The van der Waals surface area contributed by atoms with Crippen molar-refractivity contribution < 1.29 is 43.4 Å². The van der Waals surface area contributed by atoms with Crippen LogP contribution in [-0.2, 0) is 4.74 Å². The fraction of sp³-hybridized carbons (Fsp3) is 0.323. The third kappa shape index (κ3) is 9.37. The number of allylic oxidation sites excluding steroid dienone is 1. The van der Waals surface area contributed by atoms with Gasteiger partial charge in [0.05, 0.1) is 41.7 Å². The van der Waals surface area contributed by atoms with Gasteiger partial charge in [-0.15, -0.1) is 5.01 Å². The Hall–Kier alpha value is -5.77. The number of benzene rings is 3. The van der Waals surface area contributed by atoms with Crippen LogP contribution >= 0.6 is 0 Å². The number of hydrogen-bond acceptors (Lipinski definition) is 12. The molecule has 0 saturated carbocycles. The van der Waals surface area contributed by atoms with Crippen LogP contribution in [0.2, 0.25) is 0 Å². The molecule has 1 heterocycles. The Morgan fingerprint density at radius 1 is 0.936 bits per heavy atom. The lowest BCUT2D eigenvalue weighted by molar-refractivity contribution is -0.710. The molecule has 1 saturated heterocycles. The van der Waals surface area contributed by atoms with Crippen LogP contribution in [0.15, 0.2) is 66.0 Å². The van der Waals surface area contributed by atoms with Gasteiger partial charge in [-0.1, -0.05) is 44.0 Å². The maximum atomic E-state index is 13.0. The molecule has 248 valence electrons. The van der Waals surface area contributed by atoms with Crippen LogP contribution < -0.4 is 19.0 Å². The van der Waals surface area contributed by atoms with Gasteiger partial charge in [-0.3, -0.25) is 29.9 Å². The first-order valence-corrected chi connectivity index (χ1v) is 14.7. The average molecular weight is 652 g/mol. The molecule has 16 nitrogen and oxygen atoms in total. The predicted octanol–water partition coefficient (Wildman–Crippen LogP) is 6.27. The van der Waals surface area contributed by atoms with Gasteiger partial charge in [-0.2, -0.15) is 0 Å². The molecule has 1 fully saturated rings. The Morgan fingerprint density at radius 3 is 2.38 bits per heavy atom. The molecule has 0 N–H and O–H groups in total. The summed E-state index contributed by atoms with van der Waals surface area (Å²) in [6.07, 6.45) is 6.01. The van der Waals surface area contributed by atoms with Crippen LogP contribution in [-0.4, -0.2) is 65.6 Å². The van der Waals surface area contributed by atoms with Crippen LogP contribution in [0.5, 0.6) is 28.7 Å². The first-order valence-electron chi connectivity index (χ1n) is 14.7. The van der Waals surface area contributed by atoms with Gasteiger partial charge in [-0.25, -0.2) is 0 Å². The summed E-state index contributed by atoms with van der Waals surface area (Å²) >= 11 is 0. The molecule has 0 aromatic heterocycles. The first kappa shape index (κ1) is 34.1. The number of hydrazine groups is 1. The standard InChI is InChI=1S/C31H33N5O11/c1-3-4-5-15-45-28-12-10-22(18-31(28)43-2)9-11-27(37)23-7-6-8-24(19-23)46-29-21-30(26(35(40)41)20-25(29)34(38)39)47-32-36(42)33-13-16-44-17-14-33/h6-12,18-21H,3-5,13-17H2,1-2H3/b11-9+,36-32-. The highest BCUT2D eigenvalue weighted by Gasteiger charge is 2.29. The molecule has 0 bridgehead atoms. The summed E-state index contributed by atoms with van der Waals surface area (Å²) in [4.78, 5) is 39.8. The van der Waals surface area contributed by atoms with Gasteiger partial charge in [0, 0.05) is 11.6 Å².